The lowest BCUT2D eigenvalue weighted by Crippen LogP contribution is -2.08. The van der Waals surface area contributed by atoms with E-state index in [0.717, 1.165) is 38.5 Å². The van der Waals surface area contributed by atoms with Gasteiger partial charge < -0.3 is 19.7 Å². The summed E-state index contributed by atoms with van der Waals surface area (Å²) in [5, 5.41) is 18.3. The first kappa shape index (κ1) is 18.9. The minimum absolute atomic E-state index is 0.163. The molecule has 0 spiro atoms. The third kappa shape index (κ3) is 7.22. The maximum absolute atomic E-state index is 10.8. The highest BCUT2D eigenvalue weighted by Crippen LogP contribution is 2.28. The van der Waals surface area contributed by atoms with Gasteiger partial charge in [-0.05, 0) is 50.4 Å². The summed E-state index contributed by atoms with van der Waals surface area (Å²) in [5.41, 5.74) is 0. The third-order valence-corrected chi connectivity index (χ3v) is 4.39. The standard InChI is InChI=1S/2C8H14O3/c2*1-11-8(10)5-6-2-3-7(9)4-6/h2*6-7,9H,2-5H2,1H3/t2*6-,7+/m10/s1. The number of carbonyl (C=O) groups is 2. The van der Waals surface area contributed by atoms with E-state index in [1.807, 2.05) is 0 Å². The quantitative estimate of drug-likeness (QED) is 0.762. The molecule has 2 rings (SSSR count). The fraction of sp³-hybridized carbons (Fsp3) is 0.875. The second-order valence-corrected chi connectivity index (χ2v) is 6.23. The van der Waals surface area contributed by atoms with Gasteiger partial charge in [0.25, 0.3) is 0 Å². The summed E-state index contributed by atoms with van der Waals surface area (Å²) in [6.45, 7) is 0. The first-order valence-electron chi connectivity index (χ1n) is 7.94. The molecule has 0 aromatic carbocycles. The van der Waals surface area contributed by atoms with Crippen molar-refractivity contribution in [2.45, 2.75) is 63.6 Å². The highest BCUT2D eigenvalue weighted by Gasteiger charge is 2.25. The first-order chi connectivity index (χ1) is 10.4. The van der Waals surface area contributed by atoms with Crippen LogP contribution in [0.15, 0.2) is 0 Å². The first-order valence-corrected chi connectivity index (χ1v) is 7.94. The summed E-state index contributed by atoms with van der Waals surface area (Å²) < 4.78 is 9.05. The predicted molar refractivity (Wildman–Crippen MR) is 80.0 cm³/mol. The van der Waals surface area contributed by atoms with Gasteiger partial charge in [-0.1, -0.05) is 0 Å². The van der Waals surface area contributed by atoms with Crippen LogP contribution < -0.4 is 0 Å². The Balaban J connectivity index is 0.000000220. The van der Waals surface area contributed by atoms with Gasteiger partial charge in [-0.2, -0.15) is 0 Å². The Labute approximate surface area is 131 Å². The van der Waals surface area contributed by atoms with Gasteiger partial charge in [-0.15, -0.1) is 0 Å². The number of hydrogen-bond donors (Lipinski definition) is 2. The van der Waals surface area contributed by atoms with Crippen LogP contribution in [0.25, 0.3) is 0 Å². The second kappa shape index (κ2) is 9.79. The maximum Gasteiger partial charge on any atom is 0.305 e. The predicted octanol–water partition coefficient (Wildman–Crippen LogP) is 1.42. The number of carbonyl (C=O) groups excluding carboxylic acids is 2. The number of ether oxygens (including phenoxy) is 2. The van der Waals surface area contributed by atoms with E-state index in [-0.39, 0.29) is 24.1 Å². The molecule has 2 fully saturated rings. The van der Waals surface area contributed by atoms with E-state index in [1.165, 1.54) is 14.2 Å². The van der Waals surface area contributed by atoms with Crippen molar-refractivity contribution >= 4 is 11.9 Å². The van der Waals surface area contributed by atoms with Crippen molar-refractivity contribution in [3.8, 4) is 0 Å². The Kier molecular flexibility index (Phi) is 8.42. The molecule has 0 aromatic heterocycles. The van der Waals surface area contributed by atoms with Crippen LogP contribution in [0.1, 0.15) is 51.4 Å². The van der Waals surface area contributed by atoms with Crippen molar-refractivity contribution in [1.82, 2.24) is 0 Å². The fourth-order valence-corrected chi connectivity index (χ4v) is 3.11. The Morgan fingerprint density at radius 3 is 1.41 bits per heavy atom. The lowest BCUT2D eigenvalue weighted by Gasteiger charge is -2.05. The molecule has 0 radical (unpaired) electrons. The van der Waals surface area contributed by atoms with Gasteiger partial charge >= 0.3 is 11.9 Å². The SMILES string of the molecule is COC(=O)C[C@@H]1CC[C@H](O)C1.COC(=O)C[C@H]1CC[C@@H](O)C1. The molecule has 0 aromatic rings. The van der Waals surface area contributed by atoms with Crippen LogP contribution in [0.4, 0.5) is 0 Å². The van der Waals surface area contributed by atoms with Crippen LogP contribution in [0.3, 0.4) is 0 Å². The average molecular weight is 316 g/mol. The van der Waals surface area contributed by atoms with Crippen LogP contribution >= 0.6 is 0 Å². The van der Waals surface area contributed by atoms with Crippen molar-refractivity contribution in [1.29, 1.82) is 0 Å². The molecule has 2 saturated carbocycles. The molecule has 2 N–H and O–H groups in total. The lowest BCUT2D eigenvalue weighted by atomic mass is 10.0. The Morgan fingerprint density at radius 2 is 1.18 bits per heavy atom. The molecule has 2 aliphatic carbocycles. The topological polar surface area (TPSA) is 93.1 Å². The van der Waals surface area contributed by atoms with Gasteiger partial charge in [-0.3, -0.25) is 9.59 Å². The summed E-state index contributed by atoms with van der Waals surface area (Å²) in [5.74, 6) is 0.364. The molecule has 6 nitrogen and oxygen atoms in total. The van der Waals surface area contributed by atoms with E-state index in [9.17, 15) is 9.59 Å². The van der Waals surface area contributed by atoms with Crippen molar-refractivity contribution in [2.24, 2.45) is 11.8 Å². The lowest BCUT2D eigenvalue weighted by molar-refractivity contribution is -0.142. The number of esters is 2. The summed E-state index contributed by atoms with van der Waals surface area (Å²) >= 11 is 0. The Hall–Kier alpha value is -1.14. The maximum atomic E-state index is 10.8. The van der Waals surface area contributed by atoms with Crippen LogP contribution in [0, 0.1) is 11.8 Å². The van der Waals surface area contributed by atoms with Gasteiger partial charge in [-0.25, -0.2) is 0 Å². The van der Waals surface area contributed by atoms with Crippen LogP contribution in [-0.2, 0) is 19.1 Å². The Morgan fingerprint density at radius 1 is 0.818 bits per heavy atom. The van der Waals surface area contributed by atoms with Crippen LogP contribution in [-0.4, -0.2) is 48.6 Å². The second-order valence-electron chi connectivity index (χ2n) is 6.23. The zero-order chi connectivity index (χ0) is 16.5. The largest absolute Gasteiger partial charge is 0.469 e. The van der Waals surface area contributed by atoms with Gasteiger partial charge in [0.1, 0.15) is 0 Å². The molecule has 4 atom stereocenters. The minimum atomic E-state index is -0.190. The average Bonchev–Trinajstić information content (AvgIpc) is 3.08. The third-order valence-electron chi connectivity index (χ3n) is 4.39. The number of aliphatic hydroxyl groups excluding tert-OH is 2. The monoisotopic (exact) mass is 316 g/mol. The molecule has 128 valence electrons. The number of methoxy groups -OCH3 is 2. The van der Waals surface area contributed by atoms with E-state index in [0.29, 0.717) is 24.7 Å². The Bertz CT molecular complexity index is 323. The van der Waals surface area contributed by atoms with E-state index in [4.69, 9.17) is 10.2 Å². The zero-order valence-corrected chi connectivity index (χ0v) is 13.5. The van der Waals surface area contributed by atoms with Gasteiger partial charge in [0, 0.05) is 12.8 Å². The molecular weight excluding hydrogens is 288 g/mol. The van der Waals surface area contributed by atoms with Crippen LogP contribution in [0.5, 0.6) is 0 Å². The number of rotatable bonds is 4. The smallest absolute Gasteiger partial charge is 0.305 e. The van der Waals surface area contributed by atoms with Crippen molar-refractivity contribution in [3.05, 3.63) is 0 Å². The van der Waals surface area contributed by atoms with Crippen molar-refractivity contribution in [2.75, 3.05) is 14.2 Å². The highest BCUT2D eigenvalue weighted by molar-refractivity contribution is 5.69. The molecule has 0 unspecified atom stereocenters. The molecule has 6 heteroatoms. The molecule has 0 amide bonds. The van der Waals surface area contributed by atoms with E-state index in [2.05, 4.69) is 9.47 Å². The minimum Gasteiger partial charge on any atom is -0.469 e. The molecule has 2 aliphatic rings. The fourth-order valence-electron chi connectivity index (χ4n) is 3.11. The molecule has 22 heavy (non-hydrogen) atoms. The van der Waals surface area contributed by atoms with E-state index >= 15 is 0 Å². The molecule has 0 aliphatic heterocycles. The molecule has 0 bridgehead atoms. The summed E-state index contributed by atoms with van der Waals surface area (Å²) in [6.07, 6.45) is 5.65. The van der Waals surface area contributed by atoms with E-state index in [1.54, 1.807) is 0 Å². The van der Waals surface area contributed by atoms with Crippen molar-refractivity contribution in [3.63, 3.8) is 0 Å². The highest BCUT2D eigenvalue weighted by atomic mass is 16.5. The van der Waals surface area contributed by atoms with Crippen molar-refractivity contribution < 1.29 is 29.3 Å². The number of hydrogen-bond acceptors (Lipinski definition) is 6. The summed E-state index contributed by atoms with van der Waals surface area (Å²) in [7, 11) is 2.79. The molecular formula is C16H28O6. The number of aliphatic hydroxyl groups is 2. The zero-order valence-electron chi connectivity index (χ0n) is 13.5. The normalized spacial score (nSPS) is 30.4. The molecule has 0 saturated heterocycles. The van der Waals surface area contributed by atoms with E-state index < -0.39 is 0 Å². The van der Waals surface area contributed by atoms with Crippen LogP contribution in [0.2, 0.25) is 0 Å². The van der Waals surface area contributed by atoms with Gasteiger partial charge in [0.2, 0.25) is 0 Å². The summed E-state index contributed by atoms with van der Waals surface area (Å²) in [6, 6.07) is 0. The summed E-state index contributed by atoms with van der Waals surface area (Å²) in [4.78, 5) is 21.5. The molecule has 0 heterocycles. The van der Waals surface area contributed by atoms with Gasteiger partial charge in [0.15, 0.2) is 0 Å². The van der Waals surface area contributed by atoms with Gasteiger partial charge in [0.05, 0.1) is 26.4 Å².